The van der Waals surface area contributed by atoms with Crippen LogP contribution in [-0.4, -0.2) is 32.7 Å². The quantitative estimate of drug-likeness (QED) is 0.808. The van der Waals surface area contributed by atoms with E-state index in [9.17, 15) is 9.59 Å². The van der Waals surface area contributed by atoms with Gasteiger partial charge in [0.25, 0.3) is 5.91 Å². The van der Waals surface area contributed by atoms with E-state index in [0.717, 1.165) is 5.56 Å². The van der Waals surface area contributed by atoms with E-state index in [1.165, 1.54) is 25.6 Å². The van der Waals surface area contributed by atoms with E-state index >= 15 is 0 Å². The first-order chi connectivity index (χ1) is 11.5. The van der Waals surface area contributed by atoms with Crippen molar-refractivity contribution in [3.63, 3.8) is 0 Å². The summed E-state index contributed by atoms with van der Waals surface area (Å²) in [5, 5.41) is 3.35. The Balaban J connectivity index is 2.21. The lowest BCUT2D eigenvalue weighted by atomic mass is 10.2. The van der Waals surface area contributed by atoms with Crippen molar-refractivity contribution < 1.29 is 23.8 Å². The summed E-state index contributed by atoms with van der Waals surface area (Å²) in [6, 6.07) is 6.66. The van der Waals surface area contributed by atoms with E-state index < -0.39 is 0 Å². The summed E-state index contributed by atoms with van der Waals surface area (Å²) in [5.74, 6) is 0.343. The Hall–Kier alpha value is -2.54. The molecule has 128 valence electrons. The minimum absolute atomic E-state index is 0.307. The Morgan fingerprint density at radius 1 is 1.08 bits per heavy atom. The van der Waals surface area contributed by atoms with Crippen LogP contribution in [0.1, 0.15) is 32.5 Å². The number of amides is 1. The van der Waals surface area contributed by atoms with E-state index in [-0.39, 0.29) is 11.9 Å². The fourth-order valence-corrected chi connectivity index (χ4v) is 3.03. The lowest BCUT2D eigenvalue weighted by Crippen LogP contribution is -2.11. The van der Waals surface area contributed by atoms with Crippen molar-refractivity contribution >= 4 is 28.2 Å². The van der Waals surface area contributed by atoms with Gasteiger partial charge in [0.15, 0.2) is 0 Å². The molecule has 0 aliphatic carbocycles. The summed E-state index contributed by atoms with van der Waals surface area (Å²) < 4.78 is 15.3. The molecule has 7 heteroatoms. The van der Waals surface area contributed by atoms with Crippen LogP contribution < -0.4 is 14.8 Å². The molecule has 0 saturated carbocycles. The molecule has 24 heavy (non-hydrogen) atoms. The Morgan fingerprint density at radius 2 is 1.71 bits per heavy atom. The maximum absolute atomic E-state index is 12.4. The van der Waals surface area contributed by atoms with E-state index in [2.05, 4.69) is 5.32 Å². The van der Waals surface area contributed by atoms with E-state index in [0.29, 0.717) is 33.5 Å². The van der Waals surface area contributed by atoms with Crippen molar-refractivity contribution in [1.29, 1.82) is 0 Å². The first kappa shape index (κ1) is 17.8. The van der Waals surface area contributed by atoms with Gasteiger partial charge in [-0.3, -0.25) is 4.79 Å². The zero-order valence-electron chi connectivity index (χ0n) is 14.0. The number of thiophene rings is 1. The van der Waals surface area contributed by atoms with Gasteiger partial charge in [-0.2, -0.15) is 0 Å². The van der Waals surface area contributed by atoms with Crippen LogP contribution in [0.5, 0.6) is 11.5 Å². The number of hydrogen-bond donors (Lipinski definition) is 1. The van der Waals surface area contributed by atoms with Gasteiger partial charge in [0.1, 0.15) is 16.4 Å². The SMILES string of the molecule is CCOC(=O)c1sc(NC(=O)c2cc(OC)cc(OC)c2)cc1C. The summed E-state index contributed by atoms with van der Waals surface area (Å²) in [4.78, 5) is 24.8. The highest BCUT2D eigenvalue weighted by Crippen LogP contribution is 2.29. The fourth-order valence-electron chi connectivity index (χ4n) is 2.07. The number of methoxy groups -OCH3 is 2. The van der Waals surface area contributed by atoms with Gasteiger partial charge in [0.05, 0.1) is 25.8 Å². The van der Waals surface area contributed by atoms with Crippen molar-refractivity contribution in [2.75, 3.05) is 26.1 Å². The number of hydrogen-bond acceptors (Lipinski definition) is 6. The average molecular weight is 349 g/mol. The van der Waals surface area contributed by atoms with Crippen LogP contribution in [0.4, 0.5) is 5.00 Å². The molecule has 1 N–H and O–H groups in total. The second-order valence-electron chi connectivity index (χ2n) is 4.90. The number of nitrogens with one attached hydrogen (secondary N) is 1. The minimum Gasteiger partial charge on any atom is -0.497 e. The van der Waals surface area contributed by atoms with Gasteiger partial charge < -0.3 is 19.5 Å². The summed E-state index contributed by atoms with van der Waals surface area (Å²) in [7, 11) is 3.04. The molecule has 6 nitrogen and oxygen atoms in total. The number of carbonyl (C=O) groups is 2. The van der Waals surface area contributed by atoms with Crippen LogP contribution >= 0.6 is 11.3 Å². The molecule has 0 atom stereocenters. The second-order valence-corrected chi connectivity index (χ2v) is 5.95. The predicted molar refractivity (Wildman–Crippen MR) is 92.5 cm³/mol. The van der Waals surface area contributed by atoms with Crippen molar-refractivity contribution in [1.82, 2.24) is 0 Å². The first-order valence-corrected chi connectivity index (χ1v) is 8.12. The van der Waals surface area contributed by atoms with Crippen molar-refractivity contribution in [2.24, 2.45) is 0 Å². The fraction of sp³-hybridized carbons (Fsp3) is 0.294. The smallest absolute Gasteiger partial charge is 0.348 e. The zero-order valence-corrected chi connectivity index (χ0v) is 14.8. The second kappa shape index (κ2) is 7.83. The Bertz CT molecular complexity index is 731. The van der Waals surface area contributed by atoms with Crippen molar-refractivity contribution in [3.05, 3.63) is 40.3 Å². The number of aryl methyl sites for hydroxylation is 1. The summed E-state index contributed by atoms with van der Waals surface area (Å²) in [6.07, 6.45) is 0. The summed E-state index contributed by atoms with van der Waals surface area (Å²) >= 11 is 1.18. The third-order valence-corrected chi connectivity index (χ3v) is 4.36. The molecule has 1 aromatic heterocycles. The molecule has 0 saturated heterocycles. The van der Waals surface area contributed by atoms with Gasteiger partial charge in [-0.15, -0.1) is 11.3 Å². The Morgan fingerprint density at radius 3 is 2.25 bits per heavy atom. The van der Waals surface area contributed by atoms with Crippen LogP contribution in [0.25, 0.3) is 0 Å². The van der Waals surface area contributed by atoms with E-state index in [4.69, 9.17) is 14.2 Å². The van der Waals surface area contributed by atoms with Crippen molar-refractivity contribution in [3.8, 4) is 11.5 Å². The normalized spacial score (nSPS) is 10.2. The van der Waals surface area contributed by atoms with Gasteiger partial charge in [-0.05, 0) is 37.6 Å². The molecule has 2 aromatic rings. The molecule has 0 fully saturated rings. The van der Waals surface area contributed by atoms with Crippen LogP contribution in [0.2, 0.25) is 0 Å². The Labute approximate surface area is 144 Å². The van der Waals surface area contributed by atoms with Crippen molar-refractivity contribution in [2.45, 2.75) is 13.8 Å². The van der Waals surface area contributed by atoms with E-state index in [1.54, 1.807) is 38.1 Å². The molecule has 2 rings (SSSR count). The average Bonchev–Trinajstić information content (AvgIpc) is 2.94. The topological polar surface area (TPSA) is 73.9 Å². The molecule has 1 heterocycles. The zero-order chi connectivity index (χ0) is 17.7. The standard InChI is InChI=1S/C17H19NO5S/c1-5-23-17(20)15-10(2)6-14(24-15)18-16(19)11-7-12(21-3)9-13(8-11)22-4/h6-9H,5H2,1-4H3,(H,18,19). The highest BCUT2D eigenvalue weighted by atomic mass is 32.1. The summed E-state index contributed by atoms with van der Waals surface area (Å²) in [6.45, 7) is 3.86. The predicted octanol–water partition coefficient (Wildman–Crippen LogP) is 3.50. The van der Waals surface area contributed by atoms with Gasteiger partial charge in [-0.1, -0.05) is 0 Å². The van der Waals surface area contributed by atoms with Gasteiger partial charge in [-0.25, -0.2) is 4.79 Å². The third-order valence-electron chi connectivity index (χ3n) is 3.23. The number of anilines is 1. The Kier molecular flexibility index (Phi) is 5.81. The number of esters is 1. The van der Waals surface area contributed by atoms with E-state index in [1.807, 2.05) is 0 Å². The minimum atomic E-state index is -0.386. The van der Waals surface area contributed by atoms with Crippen LogP contribution in [-0.2, 0) is 4.74 Å². The number of benzene rings is 1. The third kappa shape index (κ3) is 4.05. The highest BCUT2D eigenvalue weighted by molar-refractivity contribution is 7.18. The lowest BCUT2D eigenvalue weighted by molar-refractivity contribution is 0.0531. The number of carbonyl (C=O) groups excluding carboxylic acids is 2. The monoisotopic (exact) mass is 349 g/mol. The van der Waals surface area contributed by atoms with Gasteiger partial charge in [0, 0.05) is 11.6 Å². The number of ether oxygens (including phenoxy) is 3. The number of rotatable bonds is 6. The lowest BCUT2D eigenvalue weighted by Gasteiger charge is -2.08. The van der Waals surface area contributed by atoms with Crippen LogP contribution in [0, 0.1) is 6.92 Å². The first-order valence-electron chi connectivity index (χ1n) is 7.30. The molecule has 0 unspecified atom stereocenters. The molecule has 0 radical (unpaired) electrons. The molecular weight excluding hydrogens is 330 g/mol. The molecule has 1 amide bonds. The molecule has 0 spiro atoms. The maximum Gasteiger partial charge on any atom is 0.348 e. The molecule has 0 aliphatic rings. The summed E-state index contributed by atoms with van der Waals surface area (Å²) in [5.41, 5.74) is 1.16. The molecular formula is C17H19NO5S. The molecule has 1 aromatic carbocycles. The van der Waals surface area contributed by atoms with Crippen LogP contribution in [0.3, 0.4) is 0 Å². The molecule has 0 aliphatic heterocycles. The highest BCUT2D eigenvalue weighted by Gasteiger charge is 2.17. The van der Waals surface area contributed by atoms with Crippen LogP contribution in [0.15, 0.2) is 24.3 Å². The van der Waals surface area contributed by atoms with Gasteiger partial charge >= 0.3 is 5.97 Å². The molecule has 0 bridgehead atoms. The maximum atomic E-state index is 12.4. The van der Waals surface area contributed by atoms with Gasteiger partial charge in [0.2, 0.25) is 0 Å². The largest absolute Gasteiger partial charge is 0.497 e.